The lowest BCUT2D eigenvalue weighted by molar-refractivity contribution is -0.384. The van der Waals surface area contributed by atoms with Crippen molar-refractivity contribution in [2.24, 2.45) is 0 Å². The molecule has 8 nitrogen and oxygen atoms in total. The highest BCUT2D eigenvalue weighted by Crippen LogP contribution is 2.22. The van der Waals surface area contributed by atoms with Gasteiger partial charge >= 0.3 is 11.1 Å². The maximum absolute atomic E-state index is 11.5. The Kier molecular flexibility index (Phi) is 3.63. The van der Waals surface area contributed by atoms with Crippen LogP contribution < -0.4 is 16.4 Å². The number of nitro groups is 1. The lowest BCUT2D eigenvalue weighted by Crippen LogP contribution is -2.29. The molecular weight excluding hydrogens is 300 g/mol. The van der Waals surface area contributed by atoms with Crippen molar-refractivity contribution in [3.05, 3.63) is 78.8 Å². The van der Waals surface area contributed by atoms with Gasteiger partial charge in [-0.1, -0.05) is 18.2 Å². The molecule has 1 heterocycles. The van der Waals surface area contributed by atoms with Crippen molar-refractivity contribution in [3.63, 3.8) is 0 Å². The van der Waals surface area contributed by atoms with Gasteiger partial charge in [0, 0.05) is 29.9 Å². The first-order valence-corrected chi connectivity index (χ1v) is 6.77. The van der Waals surface area contributed by atoms with Gasteiger partial charge in [0.1, 0.15) is 0 Å². The summed E-state index contributed by atoms with van der Waals surface area (Å²) in [4.78, 5) is 38.3. The van der Waals surface area contributed by atoms with E-state index in [1.807, 2.05) is 30.3 Å². The van der Waals surface area contributed by atoms with E-state index in [2.05, 4.69) is 15.3 Å². The summed E-state index contributed by atoms with van der Waals surface area (Å²) < 4.78 is 0. The van der Waals surface area contributed by atoms with Crippen LogP contribution in [0.1, 0.15) is 5.56 Å². The molecule has 0 amide bonds. The fourth-order valence-corrected chi connectivity index (χ4v) is 2.28. The Labute approximate surface area is 129 Å². The fraction of sp³-hybridized carbons (Fsp3) is 0.0667. The number of para-hydroxylation sites is 1. The summed E-state index contributed by atoms with van der Waals surface area (Å²) in [5.74, 6) is 0. The van der Waals surface area contributed by atoms with Gasteiger partial charge in [0.05, 0.1) is 16.0 Å². The van der Waals surface area contributed by atoms with Crippen LogP contribution in [0.15, 0.2) is 52.1 Å². The number of nitrogens with one attached hydrogen (secondary N) is 3. The molecule has 0 saturated carbocycles. The largest absolute Gasteiger partial charge is 0.381 e. The van der Waals surface area contributed by atoms with Crippen molar-refractivity contribution in [2.45, 2.75) is 6.54 Å². The summed E-state index contributed by atoms with van der Waals surface area (Å²) in [6, 6.07) is 11.9. The Bertz CT molecular complexity index is 992. The number of hydrogen-bond acceptors (Lipinski definition) is 5. The Morgan fingerprint density at radius 2 is 1.74 bits per heavy atom. The van der Waals surface area contributed by atoms with Crippen molar-refractivity contribution in [3.8, 4) is 0 Å². The van der Waals surface area contributed by atoms with E-state index in [9.17, 15) is 19.7 Å². The summed E-state index contributed by atoms with van der Waals surface area (Å²) in [6.07, 6.45) is 0. The third kappa shape index (κ3) is 2.95. The van der Waals surface area contributed by atoms with Crippen molar-refractivity contribution < 1.29 is 4.92 Å². The first-order valence-electron chi connectivity index (χ1n) is 6.77. The zero-order chi connectivity index (χ0) is 16.4. The van der Waals surface area contributed by atoms with Crippen molar-refractivity contribution >= 4 is 22.4 Å². The second-order valence-corrected chi connectivity index (χ2v) is 4.91. The van der Waals surface area contributed by atoms with Crippen molar-refractivity contribution in [2.75, 3.05) is 5.32 Å². The third-order valence-corrected chi connectivity index (χ3v) is 3.37. The molecule has 0 fully saturated rings. The minimum atomic E-state index is -0.847. The maximum Gasteiger partial charge on any atom is 0.314 e. The lowest BCUT2D eigenvalue weighted by Gasteiger charge is -2.09. The van der Waals surface area contributed by atoms with Gasteiger partial charge in [-0.05, 0) is 12.1 Å². The molecule has 0 bridgehead atoms. The van der Waals surface area contributed by atoms with Gasteiger partial charge in [0.2, 0.25) is 0 Å². The van der Waals surface area contributed by atoms with Crippen LogP contribution in [0.3, 0.4) is 0 Å². The number of fused-ring (bicyclic) bond motifs is 1. The van der Waals surface area contributed by atoms with E-state index in [-0.39, 0.29) is 17.7 Å². The standard InChI is InChI=1S/C15H12N4O4/c20-14-15(21)18-13-9(8-16-10-4-2-1-3-5-10)6-11(19(22)23)7-12(13)17-14/h1-7,16H,8H2,(H,17,20)(H,18,21). The molecule has 23 heavy (non-hydrogen) atoms. The molecule has 0 aliphatic carbocycles. The second-order valence-electron chi connectivity index (χ2n) is 4.91. The Hall–Kier alpha value is -3.42. The summed E-state index contributed by atoms with van der Waals surface area (Å²) in [5.41, 5.74) is 0.111. The maximum atomic E-state index is 11.5. The van der Waals surface area contributed by atoms with Gasteiger partial charge < -0.3 is 15.3 Å². The van der Waals surface area contributed by atoms with Gasteiger partial charge in [-0.2, -0.15) is 0 Å². The van der Waals surface area contributed by atoms with Crippen LogP contribution in [-0.2, 0) is 6.54 Å². The highest BCUT2D eigenvalue weighted by atomic mass is 16.6. The van der Waals surface area contributed by atoms with E-state index >= 15 is 0 Å². The summed E-state index contributed by atoms with van der Waals surface area (Å²) in [7, 11) is 0. The first-order chi connectivity index (χ1) is 11.0. The Morgan fingerprint density at radius 3 is 2.43 bits per heavy atom. The molecule has 0 radical (unpaired) electrons. The number of aromatic nitrogens is 2. The molecule has 8 heteroatoms. The van der Waals surface area contributed by atoms with Gasteiger partial charge in [0.25, 0.3) is 5.69 Å². The van der Waals surface area contributed by atoms with Crippen LogP contribution in [0.25, 0.3) is 11.0 Å². The molecule has 0 atom stereocenters. The average molecular weight is 312 g/mol. The summed E-state index contributed by atoms with van der Waals surface area (Å²) in [6.45, 7) is 0.254. The van der Waals surface area contributed by atoms with Crippen LogP contribution in [0.4, 0.5) is 11.4 Å². The number of hydrogen-bond donors (Lipinski definition) is 3. The highest BCUT2D eigenvalue weighted by molar-refractivity contribution is 5.80. The number of H-pyrrole nitrogens is 2. The number of nitro benzene ring substituents is 1. The average Bonchev–Trinajstić information content (AvgIpc) is 2.54. The monoisotopic (exact) mass is 312 g/mol. The zero-order valence-corrected chi connectivity index (χ0v) is 11.8. The molecule has 0 aliphatic rings. The summed E-state index contributed by atoms with van der Waals surface area (Å²) in [5, 5.41) is 14.2. The van der Waals surface area contributed by atoms with Crippen molar-refractivity contribution in [1.29, 1.82) is 0 Å². The van der Waals surface area contributed by atoms with E-state index in [1.165, 1.54) is 12.1 Å². The Balaban J connectivity index is 2.09. The van der Waals surface area contributed by atoms with Crippen LogP contribution in [0, 0.1) is 10.1 Å². The van der Waals surface area contributed by atoms with Crippen LogP contribution in [-0.4, -0.2) is 14.9 Å². The Morgan fingerprint density at radius 1 is 1.04 bits per heavy atom. The highest BCUT2D eigenvalue weighted by Gasteiger charge is 2.13. The lowest BCUT2D eigenvalue weighted by atomic mass is 10.1. The number of aromatic amines is 2. The normalized spacial score (nSPS) is 10.6. The first kappa shape index (κ1) is 14.5. The number of benzene rings is 2. The van der Waals surface area contributed by atoms with Gasteiger partial charge in [-0.3, -0.25) is 19.7 Å². The minimum absolute atomic E-state index is 0.162. The van der Waals surface area contributed by atoms with E-state index in [1.54, 1.807) is 0 Å². The molecule has 1 aromatic heterocycles. The molecule has 0 saturated heterocycles. The zero-order valence-electron chi connectivity index (χ0n) is 11.8. The van der Waals surface area contributed by atoms with E-state index in [4.69, 9.17) is 0 Å². The number of non-ortho nitro benzene ring substituents is 1. The molecule has 2 aromatic carbocycles. The van der Waals surface area contributed by atoms with Crippen molar-refractivity contribution in [1.82, 2.24) is 9.97 Å². The molecule has 3 rings (SSSR count). The molecular formula is C15H12N4O4. The minimum Gasteiger partial charge on any atom is -0.381 e. The second kappa shape index (κ2) is 5.76. The van der Waals surface area contributed by atoms with Crippen LogP contribution in [0.5, 0.6) is 0 Å². The predicted octanol–water partition coefficient (Wildman–Crippen LogP) is 1.74. The van der Waals surface area contributed by atoms with Gasteiger partial charge in [-0.25, -0.2) is 0 Å². The van der Waals surface area contributed by atoms with Gasteiger partial charge in [0.15, 0.2) is 0 Å². The molecule has 3 aromatic rings. The van der Waals surface area contributed by atoms with E-state index < -0.39 is 16.0 Å². The van der Waals surface area contributed by atoms with E-state index in [0.717, 1.165) is 5.69 Å². The SMILES string of the molecule is O=c1[nH]c2cc([N+](=O)[O-])cc(CNc3ccccc3)c2[nH]c1=O. The smallest absolute Gasteiger partial charge is 0.314 e. The van der Waals surface area contributed by atoms with Crippen LogP contribution in [0.2, 0.25) is 0 Å². The predicted molar refractivity (Wildman–Crippen MR) is 85.6 cm³/mol. The number of anilines is 1. The van der Waals surface area contributed by atoms with Gasteiger partial charge in [-0.15, -0.1) is 0 Å². The third-order valence-electron chi connectivity index (χ3n) is 3.37. The molecule has 3 N–H and O–H groups in total. The quantitative estimate of drug-likeness (QED) is 0.385. The fourth-order valence-electron chi connectivity index (χ4n) is 2.28. The summed E-state index contributed by atoms with van der Waals surface area (Å²) >= 11 is 0. The van der Waals surface area contributed by atoms with E-state index in [0.29, 0.717) is 11.1 Å². The number of nitrogens with zero attached hydrogens (tertiary/aromatic N) is 1. The molecule has 0 unspecified atom stereocenters. The molecule has 116 valence electrons. The van der Waals surface area contributed by atoms with Crippen LogP contribution >= 0.6 is 0 Å². The molecule has 0 aliphatic heterocycles. The number of rotatable bonds is 4. The molecule has 0 spiro atoms. The topological polar surface area (TPSA) is 121 Å².